The zero-order chi connectivity index (χ0) is 12.0. The second-order valence-electron chi connectivity index (χ2n) is 3.61. The highest BCUT2D eigenvalue weighted by Crippen LogP contribution is 2.11. The Morgan fingerprint density at radius 3 is 2.81 bits per heavy atom. The van der Waals surface area contributed by atoms with Crippen LogP contribution in [-0.4, -0.2) is 38.6 Å². The van der Waals surface area contributed by atoms with Crippen molar-refractivity contribution in [2.24, 2.45) is 5.73 Å². The molecular formula is C10H18N2O2S2. The quantitative estimate of drug-likeness (QED) is 0.794. The molecule has 0 bridgehead atoms. The average molecular weight is 262 g/mol. The van der Waals surface area contributed by atoms with Gasteiger partial charge in [0.2, 0.25) is 10.0 Å². The lowest BCUT2D eigenvalue weighted by molar-refractivity contribution is 0.463. The van der Waals surface area contributed by atoms with E-state index in [-0.39, 0.29) is 5.75 Å². The van der Waals surface area contributed by atoms with E-state index in [1.807, 2.05) is 17.5 Å². The van der Waals surface area contributed by atoms with Gasteiger partial charge in [-0.1, -0.05) is 6.07 Å². The van der Waals surface area contributed by atoms with Gasteiger partial charge in [-0.2, -0.15) is 0 Å². The summed E-state index contributed by atoms with van der Waals surface area (Å²) >= 11 is 1.59. The number of thiophene rings is 1. The summed E-state index contributed by atoms with van der Waals surface area (Å²) in [5.74, 6) is 0.175. The first kappa shape index (κ1) is 13.6. The van der Waals surface area contributed by atoms with Crippen molar-refractivity contribution >= 4 is 21.4 Å². The van der Waals surface area contributed by atoms with Gasteiger partial charge in [-0.25, -0.2) is 12.7 Å². The van der Waals surface area contributed by atoms with E-state index in [0.29, 0.717) is 25.9 Å². The van der Waals surface area contributed by atoms with Crippen molar-refractivity contribution in [2.75, 3.05) is 25.9 Å². The van der Waals surface area contributed by atoms with E-state index < -0.39 is 10.0 Å². The number of rotatable bonds is 7. The van der Waals surface area contributed by atoms with Crippen LogP contribution in [0.4, 0.5) is 0 Å². The van der Waals surface area contributed by atoms with Gasteiger partial charge in [-0.05, 0) is 30.8 Å². The molecule has 1 aromatic heterocycles. The molecule has 0 radical (unpaired) electrons. The molecule has 0 fully saturated rings. The second-order valence-corrected chi connectivity index (χ2v) is 6.84. The van der Waals surface area contributed by atoms with Crippen LogP contribution in [0.5, 0.6) is 0 Å². The van der Waals surface area contributed by atoms with Crippen LogP contribution in [0.15, 0.2) is 17.5 Å². The van der Waals surface area contributed by atoms with E-state index >= 15 is 0 Å². The molecule has 0 aliphatic heterocycles. The maximum Gasteiger partial charge on any atom is 0.214 e. The third kappa shape index (κ3) is 4.21. The highest BCUT2D eigenvalue weighted by atomic mass is 32.2. The summed E-state index contributed by atoms with van der Waals surface area (Å²) in [6.45, 7) is 1.02. The second kappa shape index (κ2) is 6.34. The molecule has 1 aromatic rings. The number of hydrogen-bond donors (Lipinski definition) is 1. The summed E-state index contributed by atoms with van der Waals surface area (Å²) < 4.78 is 25.0. The van der Waals surface area contributed by atoms with E-state index in [9.17, 15) is 8.42 Å². The summed E-state index contributed by atoms with van der Waals surface area (Å²) in [4.78, 5) is 1.11. The molecule has 0 saturated carbocycles. The van der Waals surface area contributed by atoms with Crippen LogP contribution in [0.2, 0.25) is 0 Å². The van der Waals surface area contributed by atoms with E-state index in [2.05, 4.69) is 0 Å². The Kier molecular flexibility index (Phi) is 5.40. The number of nitrogens with two attached hydrogens (primary N) is 1. The van der Waals surface area contributed by atoms with Gasteiger partial charge >= 0.3 is 0 Å². The molecule has 0 saturated heterocycles. The molecule has 0 atom stereocenters. The van der Waals surface area contributed by atoms with Crippen LogP contribution in [0.3, 0.4) is 0 Å². The van der Waals surface area contributed by atoms with Gasteiger partial charge in [0.05, 0.1) is 5.75 Å². The summed E-state index contributed by atoms with van der Waals surface area (Å²) in [5, 5.41) is 1.96. The van der Waals surface area contributed by atoms with Crippen molar-refractivity contribution in [3.05, 3.63) is 22.4 Å². The van der Waals surface area contributed by atoms with Gasteiger partial charge < -0.3 is 5.73 Å². The Morgan fingerprint density at radius 2 is 2.25 bits per heavy atom. The minimum atomic E-state index is -3.12. The van der Waals surface area contributed by atoms with Gasteiger partial charge in [0.15, 0.2) is 0 Å². The Morgan fingerprint density at radius 1 is 1.50 bits per heavy atom. The molecule has 0 aliphatic carbocycles. The van der Waals surface area contributed by atoms with E-state index in [1.54, 1.807) is 18.4 Å². The Balaban J connectivity index is 2.45. The maximum absolute atomic E-state index is 11.8. The van der Waals surface area contributed by atoms with Crippen molar-refractivity contribution in [3.63, 3.8) is 0 Å². The Hall–Kier alpha value is -0.430. The largest absolute Gasteiger partial charge is 0.330 e. The molecule has 92 valence electrons. The van der Waals surface area contributed by atoms with Gasteiger partial charge in [0.1, 0.15) is 0 Å². The lowest BCUT2D eigenvalue weighted by Crippen LogP contribution is -2.31. The minimum absolute atomic E-state index is 0.175. The number of hydrogen-bond acceptors (Lipinski definition) is 4. The van der Waals surface area contributed by atoms with Crippen LogP contribution < -0.4 is 5.73 Å². The van der Waals surface area contributed by atoms with Crippen LogP contribution in [0, 0.1) is 0 Å². The van der Waals surface area contributed by atoms with E-state index in [4.69, 9.17) is 5.73 Å². The first-order chi connectivity index (χ1) is 7.56. The third-order valence-corrected chi connectivity index (χ3v) is 5.13. The molecule has 0 aromatic carbocycles. The topological polar surface area (TPSA) is 63.4 Å². The average Bonchev–Trinajstić information content (AvgIpc) is 2.76. The van der Waals surface area contributed by atoms with Crippen molar-refractivity contribution in [2.45, 2.75) is 12.8 Å². The first-order valence-electron chi connectivity index (χ1n) is 5.22. The number of aryl methyl sites for hydroxylation is 1. The summed E-state index contributed by atoms with van der Waals surface area (Å²) in [7, 11) is -1.51. The van der Waals surface area contributed by atoms with Crippen LogP contribution in [0.25, 0.3) is 0 Å². The molecule has 16 heavy (non-hydrogen) atoms. The molecule has 6 heteroatoms. The lowest BCUT2D eigenvalue weighted by atomic mass is 10.4. The monoisotopic (exact) mass is 262 g/mol. The smallest absolute Gasteiger partial charge is 0.214 e. The predicted molar refractivity (Wildman–Crippen MR) is 68.1 cm³/mol. The molecule has 0 spiro atoms. The van der Waals surface area contributed by atoms with Crippen molar-refractivity contribution in [1.29, 1.82) is 0 Å². The molecule has 1 rings (SSSR count). The minimum Gasteiger partial charge on any atom is -0.330 e. The molecule has 0 unspecified atom stereocenters. The highest BCUT2D eigenvalue weighted by Gasteiger charge is 2.16. The SMILES string of the molecule is CN(CCCN)S(=O)(=O)CCc1cccs1. The fraction of sp³-hybridized carbons (Fsp3) is 0.600. The molecular weight excluding hydrogens is 244 g/mol. The van der Waals surface area contributed by atoms with Crippen LogP contribution >= 0.6 is 11.3 Å². The normalized spacial score (nSPS) is 12.2. The third-order valence-electron chi connectivity index (χ3n) is 2.34. The predicted octanol–water partition coefficient (Wildman–Crippen LogP) is 0.901. The molecule has 4 nitrogen and oxygen atoms in total. The van der Waals surface area contributed by atoms with Gasteiger partial charge in [0, 0.05) is 18.5 Å². The van der Waals surface area contributed by atoms with E-state index in [0.717, 1.165) is 4.88 Å². The number of nitrogens with zero attached hydrogens (tertiary/aromatic N) is 1. The lowest BCUT2D eigenvalue weighted by Gasteiger charge is -2.16. The van der Waals surface area contributed by atoms with E-state index in [1.165, 1.54) is 4.31 Å². The fourth-order valence-electron chi connectivity index (χ4n) is 1.29. The summed E-state index contributed by atoms with van der Waals surface area (Å²) in [6.07, 6.45) is 1.29. The van der Waals surface area contributed by atoms with Crippen molar-refractivity contribution < 1.29 is 8.42 Å². The molecule has 1 heterocycles. The fourth-order valence-corrected chi connectivity index (χ4v) is 3.33. The molecule has 0 amide bonds. The highest BCUT2D eigenvalue weighted by molar-refractivity contribution is 7.89. The summed E-state index contributed by atoms with van der Waals surface area (Å²) in [5.41, 5.74) is 5.35. The van der Waals surface area contributed by atoms with Gasteiger partial charge in [-0.15, -0.1) is 11.3 Å². The van der Waals surface area contributed by atoms with Gasteiger partial charge in [-0.3, -0.25) is 0 Å². The number of sulfonamides is 1. The maximum atomic E-state index is 11.8. The van der Waals surface area contributed by atoms with Gasteiger partial charge in [0.25, 0.3) is 0 Å². The molecule has 0 aliphatic rings. The van der Waals surface area contributed by atoms with Crippen molar-refractivity contribution in [3.8, 4) is 0 Å². The van der Waals surface area contributed by atoms with Crippen LogP contribution in [0.1, 0.15) is 11.3 Å². The Labute approximate surface area is 101 Å². The van der Waals surface area contributed by atoms with Crippen molar-refractivity contribution in [1.82, 2.24) is 4.31 Å². The van der Waals surface area contributed by atoms with Crippen LogP contribution in [-0.2, 0) is 16.4 Å². The summed E-state index contributed by atoms with van der Waals surface area (Å²) in [6, 6.07) is 3.89. The molecule has 2 N–H and O–H groups in total. The zero-order valence-corrected chi connectivity index (χ0v) is 11.1. The Bertz CT molecular complexity index is 387. The first-order valence-corrected chi connectivity index (χ1v) is 7.71. The standard InChI is InChI=1S/C10H18N2O2S2/c1-12(7-3-6-11)16(13,14)9-5-10-4-2-8-15-10/h2,4,8H,3,5-7,9,11H2,1H3. The zero-order valence-electron chi connectivity index (χ0n) is 9.43.